The van der Waals surface area contributed by atoms with E-state index >= 15 is 0 Å². The van der Waals surface area contributed by atoms with Crippen LogP contribution in [0.25, 0.3) is 22.2 Å². The van der Waals surface area contributed by atoms with Crippen LogP contribution >= 0.6 is 15.9 Å². The van der Waals surface area contributed by atoms with Crippen molar-refractivity contribution in [2.24, 2.45) is 0 Å². The van der Waals surface area contributed by atoms with Gasteiger partial charge in [0.15, 0.2) is 5.58 Å². The Hall–Kier alpha value is -1.61. The van der Waals surface area contributed by atoms with Crippen molar-refractivity contribution >= 4 is 26.9 Å². The molecule has 0 saturated heterocycles. The lowest BCUT2D eigenvalue weighted by molar-refractivity contribution is 0.459. The van der Waals surface area contributed by atoms with Crippen molar-refractivity contribution in [3.8, 4) is 11.3 Å². The summed E-state index contributed by atoms with van der Waals surface area (Å²) in [7, 11) is 0. The molecular weight excluding hydrogens is 278 g/mol. The first-order valence-electron chi connectivity index (χ1n) is 5.36. The van der Waals surface area contributed by atoms with E-state index in [1.54, 1.807) is 0 Å². The van der Waals surface area contributed by atoms with Gasteiger partial charge in [0, 0.05) is 10.0 Å². The lowest BCUT2D eigenvalue weighted by atomic mass is 10.1. The minimum Gasteiger partial charge on any atom is -0.356 e. The number of fused-ring (bicyclic) bond motifs is 1. The lowest BCUT2D eigenvalue weighted by Crippen LogP contribution is -1.79. The maximum absolute atomic E-state index is 5.36. The Kier molecular flexibility index (Phi) is 2.48. The van der Waals surface area contributed by atoms with E-state index in [1.807, 2.05) is 36.4 Å². The van der Waals surface area contributed by atoms with Crippen molar-refractivity contribution in [3.63, 3.8) is 0 Å². The first-order valence-corrected chi connectivity index (χ1v) is 6.16. The molecule has 3 aromatic rings. The monoisotopic (exact) mass is 287 g/mol. The van der Waals surface area contributed by atoms with Crippen LogP contribution in [-0.2, 0) is 0 Å². The summed E-state index contributed by atoms with van der Waals surface area (Å²) in [5.41, 5.74) is 3.96. The molecule has 0 atom stereocenters. The van der Waals surface area contributed by atoms with Crippen molar-refractivity contribution in [2.75, 3.05) is 0 Å². The Bertz CT molecular complexity index is 673. The van der Waals surface area contributed by atoms with Gasteiger partial charge < -0.3 is 4.52 Å². The number of aromatic nitrogens is 1. The largest absolute Gasteiger partial charge is 0.356 e. The van der Waals surface area contributed by atoms with Crippen LogP contribution in [-0.4, -0.2) is 5.16 Å². The molecular formula is C14H10BrNO. The minimum atomic E-state index is 0.807. The molecule has 0 aliphatic rings. The summed E-state index contributed by atoms with van der Waals surface area (Å²) in [5, 5.41) is 5.20. The summed E-state index contributed by atoms with van der Waals surface area (Å²) in [4.78, 5) is 0. The molecule has 0 fully saturated rings. The molecule has 3 rings (SSSR count). The van der Waals surface area contributed by atoms with Crippen molar-refractivity contribution in [2.45, 2.75) is 6.92 Å². The molecule has 1 heterocycles. The number of benzene rings is 2. The molecule has 0 aliphatic carbocycles. The van der Waals surface area contributed by atoms with Crippen LogP contribution < -0.4 is 0 Å². The second kappa shape index (κ2) is 4.00. The molecule has 3 heteroatoms. The topological polar surface area (TPSA) is 26.0 Å². The molecule has 0 saturated carbocycles. The van der Waals surface area contributed by atoms with Crippen molar-refractivity contribution in [1.82, 2.24) is 5.16 Å². The Morgan fingerprint density at radius 1 is 1.12 bits per heavy atom. The maximum Gasteiger partial charge on any atom is 0.168 e. The zero-order valence-corrected chi connectivity index (χ0v) is 10.9. The van der Waals surface area contributed by atoms with Crippen molar-refractivity contribution in [1.29, 1.82) is 0 Å². The van der Waals surface area contributed by atoms with Crippen LogP contribution in [0.3, 0.4) is 0 Å². The van der Waals surface area contributed by atoms with Gasteiger partial charge in [0.1, 0.15) is 5.69 Å². The van der Waals surface area contributed by atoms with E-state index in [0.29, 0.717) is 0 Å². The van der Waals surface area contributed by atoms with Gasteiger partial charge in [-0.2, -0.15) is 0 Å². The fraction of sp³-hybridized carbons (Fsp3) is 0.0714. The number of aryl methyl sites for hydroxylation is 1. The quantitative estimate of drug-likeness (QED) is 0.655. The zero-order valence-electron chi connectivity index (χ0n) is 9.27. The summed E-state index contributed by atoms with van der Waals surface area (Å²) in [5.74, 6) is 0. The van der Waals surface area contributed by atoms with Crippen molar-refractivity contribution in [3.05, 3.63) is 52.5 Å². The normalized spacial score (nSPS) is 10.9. The van der Waals surface area contributed by atoms with E-state index in [9.17, 15) is 0 Å². The second-order valence-corrected chi connectivity index (χ2v) is 4.85. The molecule has 84 valence electrons. The molecule has 0 unspecified atom stereocenters. The first kappa shape index (κ1) is 10.5. The summed E-state index contributed by atoms with van der Waals surface area (Å²) in [6, 6.07) is 14.1. The third-order valence-corrected chi connectivity index (χ3v) is 3.65. The summed E-state index contributed by atoms with van der Waals surface area (Å²) < 4.78 is 6.40. The van der Waals surface area contributed by atoms with Gasteiger partial charge in [-0.15, -0.1) is 0 Å². The highest BCUT2D eigenvalue weighted by Gasteiger charge is 2.11. The van der Waals surface area contributed by atoms with Gasteiger partial charge in [0.05, 0.1) is 5.39 Å². The SMILES string of the molecule is Cc1cc2c(-c3ccccc3)noc2cc1Br. The highest BCUT2D eigenvalue weighted by Crippen LogP contribution is 2.31. The Balaban J connectivity index is 2.29. The van der Waals surface area contributed by atoms with Crippen molar-refractivity contribution < 1.29 is 4.52 Å². The van der Waals surface area contributed by atoms with Gasteiger partial charge in [0.2, 0.25) is 0 Å². The second-order valence-electron chi connectivity index (χ2n) is 3.99. The molecule has 0 spiro atoms. The fourth-order valence-corrected chi connectivity index (χ4v) is 2.19. The molecule has 17 heavy (non-hydrogen) atoms. The highest BCUT2D eigenvalue weighted by molar-refractivity contribution is 9.10. The van der Waals surface area contributed by atoms with E-state index in [-0.39, 0.29) is 0 Å². The van der Waals surface area contributed by atoms with E-state index < -0.39 is 0 Å². The van der Waals surface area contributed by atoms with Crippen LogP contribution in [0.15, 0.2) is 51.5 Å². The maximum atomic E-state index is 5.36. The van der Waals surface area contributed by atoms with Crippen LogP contribution in [0.2, 0.25) is 0 Å². The molecule has 2 nitrogen and oxygen atoms in total. The molecule has 0 aliphatic heterocycles. The number of nitrogens with zero attached hydrogens (tertiary/aromatic N) is 1. The van der Waals surface area contributed by atoms with Gasteiger partial charge in [-0.05, 0) is 24.6 Å². The molecule has 0 bridgehead atoms. The molecule has 1 aromatic heterocycles. The van der Waals surface area contributed by atoms with Crippen LogP contribution in [0.1, 0.15) is 5.56 Å². The standard InChI is InChI=1S/C14H10BrNO/c1-9-7-11-13(8-12(9)15)17-16-14(11)10-5-3-2-4-6-10/h2-8H,1H3. The summed E-state index contributed by atoms with van der Waals surface area (Å²) >= 11 is 3.49. The van der Waals surface area contributed by atoms with Gasteiger partial charge in [-0.3, -0.25) is 0 Å². The number of hydrogen-bond acceptors (Lipinski definition) is 2. The lowest BCUT2D eigenvalue weighted by Gasteiger charge is -1.98. The van der Waals surface area contributed by atoms with Crippen LogP contribution in [0.4, 0.5) is 0 Å². The predicted molar refractivity (Wildman–Crippen MR) is 71.9 cm³/mol. The smallest absolute Gasteiger partial charge is 0.168 e. The summed E-state index contributed by atoms with van der Waals surface area (Å²) in [6.45, 7) is 2.06. The third-order valence-electron chi connectivity index (χ3n) is 2.80. The van der Waals surface area contributed by atoms with Crippen LogP contribution in [0.5, 0.6) is 0 Å². The number of rotatable bonds is 1. The molecule has 0 radical (unpaired) electrons. The Morgan fingerprint density at radius 2 is 1.88 bits per heavy atom. The Morgan fingerprint density at radius 3 is 2.65 bits per heavy atom. The average molecular weight is 288 g/mol. The van der Waals surface area contributed by atoms with Gasteiger partial charge in [0.25, 0.3) is 0 Å². The van der Waals surface area contributed by atoms with Crippen LogP contribution in [0, 0.1) is 6.92 Å². The van der Waals surface area contributed by atoms with Gasteiger partial charge in [-0.25, -0.2) is 0 Å². The van der Waals surface area contributed by atoms with E-state index in [4.69, 9.17) is 4.52 Å². The first-order chi connectivity index (χ1) is 8.25. The highest BCUT2D eigenvalue weighted by atomic mass is 79.9. The minimum absolute atomic E-state index is 0.807. The average Bonchev–Trinajstić information content (AvgIpc) is 2.74. The Labute approximate surface area is 107 Å². The number of hydrogen-bond donors (Lipinski definition) is 0. The van der Waals surface area contributed by atoms with E-state index in [0.717, 1.165) is 26.7 Å². The van der Waals surface area contributed by atoms with Gasteiger partial charge in [-0.1, -0.05) is 51.4 Å². The molecule has 0 N–H and O–H groups in total. The zero-order chi connectivity index (χ0) is 11.8. The van der Waals surface area contributed by atoms with E-state index in [1.165, 1.54) is 5.56 Å². The van der Waals surface area contributed by atoms with E-state index in [2.05, 4.69) is 34.1 Å². The third kappa shape index (κ3) is 1.76. The van der Waals surface area contributed by atoms with Gasteiger partial charge >= 0.3 is 0 Å². The number of halogens is 1. The fourth-order valence-electron chi connectivity index (χ4n) is 1.87. The summed E-state index contributed by atoms with van der Waals surface area (Å²) in [6.07, 6.45) is 0. The molecule has 2 aromatic carbocycles. The predicted octanol–water partition coefficient (Wildman–Crippen LogP) is 4.57. The molecule has 0 amide bonds.